The van der Waals surface area contributed by atoms with Crippen LogP contribution in [0, 0.1) is 5.92 Å². The third kappa shape index (κ3) is 9.08. The van der Waals surface area contributed by atoms with Crippen molar-refractivity contribution in [2.24, 2.45) is 5.92 Å². The summed E-state index contributed by atoms with van der Waals surface area (Å²) in [5, 5.41) is 10.0. The number of likely N-dealkylation sites (tertiary alicyclic amines) is 1. The summed E-state index contributed by atoms with van der Waals surface area (Å²) in [7, 11) is -3.67. The molecule has 1 fully saturated rings. The molecule has 0 saturated carbocycles. The minimum absolute atomic E-state index is 0.0460. The molecule has 0 aliphatic carbocycles. The zero-order valence-electron chi connectivity index (χ0n) is 20.0. The number of nitrogens with one attached hydrogen (secondary N) is 2. The van der Waals surface area contributed by atoms with Crippen molar-refractivity contribution in [3.63, 3.8) is 0 Å². The Balaban J connectivity index is 0.000000604. The van der Waals surface area contributed by atoms with Crippen molar-refractivity contribution < 1.29 is 41.1 Å². The highest BCUT2D eigenvalue weighted by Crippen LogP contribution is 2.21. The van der Waals surface area contributed by atoms with Crippen LogP contribution >= 0.6 is 0 Å². The number of alkyl halides is 3. The molecule has 9 nitrogen and oxygen atoms in total. The summed E-state index contributed by atoms with van der Waals surface area (Å²) in [5.74, 6) is -2.85. The molecule has 37 heavy (non-hydrogen) atoms. The van der Waals surface area contributed by atoms with Gasteiger partial charge in [0.25, 0.3) is 15.9 Å². The number of piperidine rings is 1. The van der Waals surface area contributed by atoms with Gasteiger partial charge >= 0.3 is 12.1 Å². The van der Waals surface area contributed by atoms with Crippen LogP contribution in [-0.4, -0.2) is 62.0 Å². The summed E-state index contributed by atoms with van der Waals surface area (Å²) in [6.07, 6.45) is -2.88. The van der Waals surface area contributed by atoms with Gasteiger partial charge in [-0.15, -0.1) is 0 Å². The summed E-state index contributed by atoms with van der Waals surface area (Å²) in [5.41, 5.74) is 0.883. The number of nitrogens with zero attached hydrogens (tertiary/aromatic N) is 1. The maximum absolute atomic E-state index is 12.8. The molecule has 2 aromatic carbocycles. The number of amides is 2. The number of carbonyl (C=O) groups is 3. The first kappa shape index (κ1) is 29.6. The maximum atomic E-state index is 12.8. The van der Waals surface area contributed by atoms with Crippen LogP contribution < -0.4 is 10.0 Å². The van der Waals surface area contributed by atoms with Crippen molar-refractivity contribution in [2.45, 2.75) is 37.3 Å². The molecule has 2 amide bonds. The fourth-order valence-electron chi connectivity index (χ4n) is 3.41. The molecular formula is C24H28F3N3O6S. The van der Waals surface area contributed by atoms with Crippen LogP contribution in [0.25, 0.3) is 0 Å². The van der Waals surface area contributed by atoms with Gasteiger partial charge in [0.05, 0.1) is 4.90 Å². The van der Waals surface area contributed by atoms with E-state index in [-0.39, 0.29) is 22.6 Å². The van der Waals surface area contributed by atoms with Gasteiger partial charge in [-0.2, -0.15) is 13.2 Å². The predicted molar refractivity (Wildman–Crippen MR) is 129 cm³/mol. The molecule has 13 heteroatoms. The van der Waals surface area contributed by atoms with Crippen molar-refractivity contribution in [2.75, 3.05) is 24.4 Å². The molecule has 0 atom stereocenters. The number of hydrogen-bond donors (Lipinski definition) is 3. The van der Waals surface area contributed by atoms with E-state index in [4.69, 9.17) is 9.90 Å². The molecule has 0 aromatic heterocycles. The molecule has 0 unspecified atom stereocenters. The molecule has 3 rings (SSSR count). The average molecular weight is 544 g/mol. The van der Waals surface area contributed by atoms with E-state index < -0.39 is 22.2 Å². The third-order valence-electron chi connectivity index (χ3n) is 5.38. The maximum Gasteiger partial charge on any atom is 0.490 e. The van der Waals surface area contributed by atoms with Crippen LogP contribution in [0.15, 0.2) is 59.5 Å². The highest BCUT2D eigenvalue weighted by Gasteiger charge is 2.38. The van der Waals surface area contributed by atoms with Crippen molar-refractivity contribution in [1.29, 1.82) is 0 Å². The van der Waals surface area contributed by atoms with Gasteiger partial charge in [-0.1, -0.05) is 25.1 Å². The molecule has 202 valence electrons. The lowest BCUT2D eigenvalue weighted by atomic mass is 9.95. The standard InChI is InChI=1S/C22H27N3O4S.C2HF3O2/c1-2-14-23-21(26)17-12-15-25(16-13-17)22(27)18-8-10-19(11-9-18)24-30(28,29)20-6-4-3-5-7-20;3-2(4,5)1(6)7/h3-11,17,24H,2,12-16H2,1H3,(H,23,26);(H,6,7). The van der Waals surface area contributed by atoms with Gasteiger partial charge in [-0.05, 0) is 55.7 Å². The highest BCUT2D eigenvalue weighted by atomic mass is 32.2. The first-order valence-electron chi connectivity index (χ1n) is 11.4. The van der Waals surface area contributed by atoms with E-state index in [1.165, 1.54) is 12.1 Å². The summed E-state index contributed by atoms with van der Waals surface area (Å²) in [6.45, 7) is 3.76. The number of rotatable bonds is 7. The normalized spacial score (nSPS) is 14.2. The van der Waals surface area contributed by atoms with Crippen LogP contribution in [0.2, 0.25) is 0 Å². The Kier molecular flexibility index (Phi) is 10.5. The van der Waals surface area contributed by atoms with Gasteiger partial charge in [0.2, 0.25) is 5.91 Å². The molecule has 1 aliphatic rings. The molecular weight excluding hydrogens is 515 g/mol. The van der Waals surface area contributed by atoms with Gasteiger partial charge in [0.15, 0.2) is 0 Å². The van der Waals surface area contributed by atoms with E-state index in [0.717, 1.165) is 6.42 Å². The smallest absolute Gasteiger partial charge is 0.475 e. The van der Waals surface area contributed by atoms with Crippen LogP contribution in [-0.2, 0) is 19.6 Å². The van der Waals surface area contributed by atoms with Crippen molar-refractivity contribution in [3.05, 3.63) is 60.2 Å². The lowest BCUT2D eigenvalue weighted by molar-refractivity contribution is -0.192. The number of carbonyl (C=O) groups excluding carboxylic acids is 2. The molecule has 0 spiro atoms. The van der Waals surface area contributed by atoms with E-state index in [1.807, 2.05) is 6.92 Å². The Morgan fingerprint density at radius 2 is 1.54 bits per heavy atom. The van der Waals surface area contributed by atoms with E-state index in [1.54, 1.807) is 47.4 Å². The second kappa shape index (κ2) is 13.1. The molecule has 1 heterocycles. The van der Waals surface area contributed by atoms with Gasteiger partial charge in [0.1, 0.15) is 0 Å². The number of sulfonamides is 1. The SMILES string of the molecule is CCCNC(=O)C1CCN(C(=O)c2ccc(NS(=O)(=O)c3ccccc3)cc2)CC1.O=C(O)C(F)(F)F. The van der Waals surface area contributed by atoms with Crippen LogP contribution in [0.1, 0.15) is 36.5 Å². The summed E-state index contributed by atoms with van der Waals surface area (Å²) < 4.78 is 59.1. The second-order valence-corrected chi connectivity index (χ2v) is 9.84. The molecule has 1 aliphatic heterocycles. The molecule has 2 aromatic rings. The van der Waals surface area contributed by atoms with Crippen molar-refractivity contribution >= 4 is 33.5 Å². The summed E-state index contributed by atoms with van der Waals surface area (Å²) >= 11 is 0. The minimum atomic E-state index is -5.08. The Hall–Kier alpha value is -3.61. The molecule has 1 saturated heterocycles. The number of aliphatic carboxylic acids is 1. The summed E-state index contributed by atoms with van der Waals surface area (Å²) in [4.78, 5) is 35.7. The number of carboxylic acid groups (broad SMARTS) is 1. The predicted octanol–water partition coefficient (Wildman–Crippen LogP) is 3.50. The van der Waals surface area contributed by atoms with Crippen LogP contribution in [0.5, 0.6) is 0 Å². The number of anilines is 1. The van der Waals surface area contributed by atoms with Crippen molar-refractivity contribution in [3.8, 4) is 0 Å². The van der Waals surface area contributed by atoms with Gasteiger partial charge in [-0.3, -0.25) is 14.3 Å². The lowest BCUT2D eigenvalue weighted by Gasteiger charge is -2.31. The topological polar surface area (TPSA) is 133 Å². The van der Waals surface area contributed by atoms with E-state index in [9.17, 15) is 31.2 Å². The van der Waals surface area contributed by atoms with E-state index >= 15 is 0 Å². The fraction of sp³-hybridized carbons (Fsp3) is 0.375. The Bertz CT molecular complexity index is 1160. The highest BCUT2D eigenvalue weighted by molar-refractivity contribution is 7.92. The lowest BCUT2D eigenvalue weighted by Crippen LogP contribution is -2.43. The number of benzene rings is 2. The number of halogens is 3. The largest absolute Gasteiger partial charge is 0.490 e. The quantitative estimate of drug-likeness (QED) is 0.490. The minimum Gasteiger partial charge on any atom is -0.475 e. The molecule has 0 radical (unpaired) electrons. The Morgan fingerprint density at radius 3 is 2.03 bits per heavy atom. The molecule has 0 bridgehead atoms. The van der Waals surface area contributed by atoms with Gasteiger partial charge < -0.3 is 15.3 Å². The Labute approximate surface area is 212 Å². The zero-order valence-corrected chi connectivity index (χ0v) is 20.8. The first-order chi connectivity index (χ1) is 17.3. The van der Waals surface area contributed by atoms with Crippen LogP contribution in [0.3, 0.4) is 0 Å². The second-order valence-electron chi connectivity index (χ2n) is 8.16. The number of carboxylic acids is 1. The van der Waals surface area contributed by atoms with Crippen LogP contribution in [0.4, 0.5) is 18.9 Å². The third-order valence-corrected chi connectivity index (χ3v) is 6.78. The monoisotopic (exact) mass is 543 g/mol. The number of hydrogen-bond acceptors (Lipinski definition) is 5. The Morgan fingerprint density at radius 1 is 1.00 bits per heavy atom. The average Bonchev–Trinajstić information content (AvgIpc) is 2.87. The zero-order chi connectivity index (χ0) is 27.6. The first-order valence-corrected chi connectivity index (χ1v) is 12.9. The van der Waals surface area contributed by atoms with E-state index in [0.29, 0.717) is 43.7 Å². The van der Waals surface area contributed by atoms with Crippen molar-refractivity contribution in [1.82, 2.24) is 10.2 Å². The van der Waals surface area contributed by atoms with Gasteiger partial charge in [-0.25, -0.2) is 13.2 Å². The molecule has 3 N–H and O–H groups in total. The fourth-order valence-corrected chi connectivity index (χ4v) is 4.49. The summed E-state index contributed by atoms with van der Waals surface area (Å²) in [6, 6.07) is 14.5. The van der Waals surface area contributed by atoms with Gasteiger partial charge in [0, 0.05) is 36.8 Å². The van der Waals surface area contributed by atoms with E-state index in [2.05, 4.69) is 10.0 Å².